The molecule has 1 aromatic carbocycles. The summed E-state index contributed by atoms with van der Waals surface area (Å²) in [6, 6.07) is 10.6. The molecular weight excluding hydrogens is 341 g/mol. The lowest BCUT2D eigenvalue weighted by Gasteiger charge is -2.01. The number of aromatic nitrogens is 1. The van der Waals surface area contributed by atoms with Crippen LogP contribution in [0.25, 0.3) is 10.6 Å². The molecule has 0 bridgehead atoms. The van der Waals surface area contributed by atoms with Crippen LogP contribution in [0.3, 0.4) is 0 Å². The molecule has 0 aliphatic rings. The van der Waals surface area contributed by atoms with Crippen molar-refractivity contribution in [3.63, 3.8) is 0 Å². The average molecular weight is 357 g/mol. The summed E-state index contributed by atoms with van der Waals surface area (Å²) in [7, 11) is 0. The van der Waals surface area contributed by atoms with Crippen molar-refractivity contribution in [2.75, 3.05) is 6.54 Å². The molecule has 0 radical (unpaired) electrons. The molecule has 0 atom stereocenters. The molecule has 6 heteroatoms. The quantitative estimate of drug-likeness (QED) is 0.465. The van der Waals surface area contributed by atoms with E-state index in [1.54, 1.807) is 34.2 Å². The maximum absolute atomic E-state index is 13.8. The zero-order chi connectivity index (χ0) is 16.9. The van der Waals surface area contributed by atoms with Crippen LogP contribution in [0.4, 0.5) is 4.39 Å². The largest absolute Gasteiger partial charge is 0.253 e. The highest BCUT2D eigenvalue weighted by molar-refractivity contribution is 7.14. The molecule has 122 valence electrons. The third kappa shape index (κ3) is 3.77. The van der Waals surface area contributed by atoms with Crippen LogP contribution in [0.15, 0.2) is 69.4 Å². The Kier molecular flexibility index (Phi) is 5.17. The van der Waals surface area contributed by atoms with Crippen LogP contribution < -0.4 is 4.80 Å². The van der Waals surface area contributed by atoms with Gasteiger partial charge in [0.15, 0.2) is 0 Å². The molecular formula is C18H16FN3S2. The third-order valence-electron chi connectivity index (χ3n) is 3.16. The monoisotopic (exact) mass is 357 g/mol. The molecule has 0 fully saturated rings. The van der Waals surface area contributed by atoms with Gasteiger partial charge in [0.2, 0.25) is 4.80 Å². The highest BCUT2D eigenvalue weighted by atomic mass is 32.1. The van der Waals surface area contributed by atoms with Gasteiger partial charge in [-0.25, -0.2) is 9.07 Å². The third-order valence-corrected chi connectivity index (χ3v) is 4.91. The van der Waals surface area contributed by atoms with Gasteiger partial charge in [0, 0.05) is 10.9 Å². The van der Waals surface area contributed by atoms with Gasteiger partial charge in [-0.2, -0.15) is 5.10 Å². The molecule has 0 saturated heterocycles. The van der Waals surface area contributed by atoms with Crippen LogP contribution >= 0.6 is 22.7 Å². The van der Waals surface area contributed by atoms with Gasteiger partial charge in [-0.3, -0.25) is 4.99 Å². The molecule has 0 amide bonds. The smallest absolute Gasteiger partial charge is 0.206 e. The highest BCUT2D eigenvalue weighted by Gasteiger charge is 2.08. The fourth-order valence-electron chi connectivity index (χ4n) is 2.02. The molecule has 24 heavy (non-hydrogen) atoms. The van der Waals surface area contributed by atoms with E-state index in [1.807, 2.05) is 29.8 Å². The molecule has 3 rings (SSSR count). The van der Waals surface area contributed by atoms with Crippen LogP contribution in [0, 0.1) is 5.82 Å². The Morgan fingerprint density at radius 1 is 1.25 bits per heavy atom. The number of hydrogen-bond donors (Lipinski definition) is 0. The van der Waals surface area contributed by atoms with Crippen molar-refractivity contribution < 1.29 is 4.39 Å². The standard InChI is InChI=1S/C18H16FN3S2/c1-13(2)10-20-18-22(16(12-24-18)17-8-5-9-23-17)21-11-14-6-3-4-7-15(14)19/h3-9,11-12H,1,10H2,2H3. The molecule has 2 heterocycles. The van der Waals surface area contributed by atoms with Crippen LogP contribution in [0.5, 0.6) is 0 Å². The predicted molar refractivity (Wildman–Crippen MR) is 100 cm³/mol. The van der Waals surface area contributed by atoms with Gasteiger partial charge < -0.3 is 0 Å². The van der Waals surface area contributed by atoms with Crippen molar-refractivity contribution in [2.24, 2.45) is 10.1 Å². The van der Waals surface area contributed by atoms with Crippen LogP contribution in [-0.2, 0) is 0 Å². The highest BCUT2D eigenvalue weighted by Crippen LogP contribution is 2.25. The summed E-state index contributed by atoms with van der Waals surface area (Å²) in [6.07, 6.45) is 1.53. The summed E-state index contributed by atoms with van der Waals surface area (Å²) in [4.78, 5) is 6.40. The van der Waals surface area contributed by atoms with Crippen molar-refractivity contribution in [2.45, 2.75) is 6.92 Å². The molecule has 0 aliphatic heterocycles. The molecule has 3 aromatic rings. The Balaban J connectivity index is 2.06. The maximum Gasteiger partial charge on any atom is 0.206 e. The first-order valence-electron chi connectivity index (χ1n) is 7.33. The fourth-order valence-corrected chi connectivity index (χ4v) is 3.65. The van der Waals surface area contributed by atoms with Crippen molar-refractivity contribution >= 4 is 28.9 Å². The Morgan fingerprint density at radius 2 is 2.08 bits per heavy atom. The lowest BCUT2D eigenvalue weighted by molar-refractivity contribution is 0.625. The number of hydrogen-bond acceptors (Lipinski definition) is 4. The fraction of sp³-hybridized carbons (Fsp3) is 0.111. The number of rotatable bonds is 5. The minimum atomic E-state index is -0.296. The van der Waals surface area contributed by atoms with E-state index in [2.05, 4.69) is 16.7 Å². The minimum Gasteiger partial charge on any atom is -0.253 e. The molecule has 3 nitrogen and oxygen atoms in total. The van der Waals surface area contributed by atoms with Crippen molar-refractivity contribution in [3.8, 4) is 10.6 Å². The van der Waals surface area contributed by atoms with E-state index in [0.29, 0.717) is 12.1 Å². The number of halogens is 1. The summed E-state index contributed by atoms with van der Waals surface area (Å²) in [5.74, 6) is -0.296. The van der Waals surface area contributed by atoms with E-state index in [4.69, 9.17) is 0 Å². The van der Waals surface area contributed by atoms with Crippen molar-refractivity contribution in [1.29, 1.82) is 0 Å². The van der Waals surface area contributed by atoms with Gasteiger partial charge in [0.05, 0.1) is 23.3 Å². The Bertz CT molecular complexity index is 933. The molecule has 0 spiro atoms. The van der Waals surface area contributed by atoms with Gasteiger partial charge in [-0.15, -0.1) is 22.7 Å². The zero-order valence-corrected chi connectivity index (χ0v) is 14.8. The van der Waals surface area contributed by atoms with Gasteiger partial charge >= 0.3 is 0 Å². The Hall–Kier alpha value is -2.31. The van der Waals surface area contributed by atoms with E-state index in [-0.39, 0.29) is 5.82 Å². The van der Waals surface area contributed by atoms with E-state index >= 15 is 0 Å². The Labute approximate surface area is 147 Å². The van der Waals surface area contributed by atoms with Gasteiger partial charge in [0.1, 0.15) is 5.82 Å². The van der Waals surface area contributed by atoms with E-state index < -0.39 is 0 Å². The lowest BCUT2D eigenvalue weighted by Crippen LogP contribution is -2.12. The molecule has 0 aliphatic carbocycles. The lowest BCUT2D eigenvalue weighted by atomic mass is 10.2. The normalized spacial score (nSPS) is 12.2. The first kappa shape index (κ1) is 16.5. The number of benzene rings is 1. The number of thiophene rings is 1. The summed E-state index contributed by atoms with van der Waals surface area (Å²) >= 11 is 3.14. The van der Waals surface area contributed by atoms with Crippen LogP contribution in [0.1, 0.15) is 12.5 Å². The summed E-state index contributed by atoms with van der Waals surface area (Å²) in [6.45, 7) is 6.35. The van der Waals surface area contributed by atoms with Gasteiger partial charge in [-0.1, -0.05) is 36.4 Å². The van der Waals surface area contributed by atoms with Gasteiger partial charge in [-0.05, 0) is 24.4 Å². The second kappa shape index (κ2) is 7.51. The number of nitrogens with zero attached hydrogens (tertiary/aromatic N) is 3. The van der Waals surface area contributed by atoms with E-state index in [1.165, 1.54) is 23.6 Å². The zero-order valence-electron chi connectivity index (χ0n) is 13.1. The number of thiazole rings is 1. The first-order valence-corrected chi connectivity index (χ1v) is 9.09. The maximum atomic E-state index is 13.8. The SMILES string of the molecule is C=C(C)CN=c1scc(-c2cccs2)n1N=Cc1ccccc1F. The van der Waals surface area contributed by atoms with Crippen LogP contribution in [-0.4, -0.2) is 17.4 Å². The van der Waals surface area contributed by atoms with E-state index in [9.17, 15) is 4.39 Å². The van der Waals surface area contributed by atoms with Crippen LogP contribution in [0.2, 0.25) is 0 Å². The second-order valence-electron chi connectivity index (χ2n) is 5.23. The Morgan fingerprint density at radius 3 is 2.79 bits per heavy atom. The van der Waals surface area contributed by atoms with Crippen molar-refractivity contribution in [3.05, 3.63) is 75.5 Å². The first-order chi connectivity index (χ1) is 11.6. The van der Waals surface area contributed by atoms with Gasteiger partial charge in [0.25, 0.3) is 0 Å². The summed E-state index contributed by atoms with van der Waals surface area (Å²) < 4.78 is 15.6. The molecule has 2 aromatic heterocycles. The minimum absolute atomic E-state index is 0.296. The van der Waals surface area contributed by atoms with E-state index in [0.717, 1.165) is 20.9 Å². The van der Waals surface area contributed by atoms with Crippen molar-refractivity contribution in [1.82, 2.24) is 4.68 Å². The second-order valence-corrected chi connectivity index (χ2v) is 7.02. The topological polar surface area (TPSA) is 29.6 Å². The predicted octanol–water partition coefficient (Wildman–Crippen LogP) is 4.78. The molecule has 0 unspecified atom stereocenters. The average Bonchev–Trinajstić information content (AvgIpc) is 3.21. The summed E-state index contributed by atoms with van der Waals surface area (Å²) in [5, 5.41) is 8.51. The molecule has 0 saturated carbocycles. The summed E-state index contributed by atoms with van der Waals surface area (Å²) in [5.41, 5.74) is 2.37. The molecule has 0 N–H and O–H groups in total.